The Morgan fingerprint density at radius 2 is 1.82 bits per heavy atom. The van der Waals surface area contributed by atoms with Gasteiger partial charge in [0, 0.05) is 12.1 Å². The second kappa shape index (κ2) is 4.73. The summed E-state index contributed by atoms with van der Waals surface area (Å²) in [6.07, 6.45) is 4.67. The van der Waals surface area contributed by atoms with E-state index in [0.29, 0.717) is 11.7 Å². The monoisotopic (exact) mass is 234 g/mol. The first-order valence-electron chi connectivity index (χ1n) is 6.10. The van der Waals surface area contributed by atoms with E-state index in [-0.39, 0.29) is 10.6 Å². The first-order valence-corrected chi connectivity index (χ1v) is 6.10. The Labute approximate surface area is 101 Å². The van der Waals surface area contributed by atoms with Crippen molar-refractivity contribution in [3.63, 3.8) is 0 Å². The third kappa shape index (κ3) is 2.57. The van der Waals surface area contributed by atoms with Gasteiger partial charge < -0.3 is 5.32 Å². The number of rotatable bonds is 3. The van der Waals surface area contributed by atoms with Crippen LogP contribution in [0.15, 0.2) is 12.1 Å². The average Bonchev–Trinajstić information content (AvgIpc) is 2.75. The largest absolute Gasteiger partial charge is 0.377 e. The number of nitro benzene ring substituents is 1. The highest BCUT2D eigenvalue weighted by atomic mass is 16.6. The molecule has 1 N–H and O–H groups in total. The second-order valence-electron chi connectivity index (χ2n) is 4.84. The lowest BCUT2D eigenvalue weighted by molar-refractivity contribution is -0.384. The van der Waals surface area contributed by atoms with Crippen LogP contribution in [0, 0.1) is 24.0 Å². The predicted molar refractivity (Wildman–Crippen MR) is 68.4 cm³/mol. The molecule has 2 rings (SSSR count). The molecule has 0 aromatic heterocycles. The normalized spacial score (nSPS) is 16.1. The summed E-state index contributed by atoms with van der Waals surface area (Å²) < 4.78 is 0. The molecular weight excluding hydrogens is 216 g/mol. The average molecular weight is 234 g/mol. The molecule has 0 spiro atoms. The van der Waals surface area contributed by atoms with Crippen LogP contribution in [0.5, 0.6) is 0 Å². The van der Waals surface area contributed by atoms with Gasteiger partial charge in [-0.15, -0.1) is 0 Å². The summed E-state index contributed by atoms with van der Waals surface area (Å²) >= 11 is 0. The molecule has 0 amide bonds. The zero-order valence-corrected chi connectivity index (χ0v) is 10.3. The molecule has 1 aromatic rings. The number of nitrogens with one attached hydrogen (secondary N) is 1. The zero-order chi connectivity index (χ0) is 12.4. The van der Waals surface area contributed by atoms with Crippen LogP contribution in [-0.4, -0.2) is 11.0 Å². The van der Waals surface area contributed by atoms with Crippen molar-refractivity contribution in [1.29, 1.82) is 0 Å². The summed E-state index contributed by atoms with van der Waals surface area (Å²) in [7, 11) is 0. The highest BCUT2D eigenvalue weighted by molar-refractivity contribution is 5.65. The lowest BCUT2D eigenvalue weighted by Crippen LogP contribution is -2.15. The van der Waals surface area contributed by atoms with Crippen LogP contribution in [0.3, 0.4) is 0 Å². The molecule has 92 valence electrons. The van der Waals surface area contributed by atoms with Crippen molar-refractivity contribution in [2.75, 3.05) is 5.32 Å². The summed E-state index contributed by atoms with van der Waals surface area (Å²) in [5.74, 6) is 0. The molecule has 1 aliphatic carbocycles. The van der Waals surface area contributed by atoms with Crippen molar-refractivity contribution < 1.29 is 4.92 Å². The SMILES string of the molecule is Cc1cc(NC2CCCC2)c([N+](=O)[O-])cc1C. The van der Waals surface area contributed by atoms with Gasteiger partial charge in [-0.1, -0.05) is 12.8 Å². The number of anilines is 1. The van der Waals surface area contributed by atoms with E-state index >= 15 is 0 Å². The van der Waals surface area contributed by atoms with E-state index in [1.807, 2.05) is 19.9 Å². The minimum absolute atomic E-state index is 0.194. The molecule has 0 atom stereocenters. The second-order valence-corrected chi connectivity index (χ2v) is 4.84. The van der Waals surface area contributed by atoms with E-state index in [1.54, 1.807) is 6.07 Å². The fourth-order valence-corrected chi connectivity index (χ4v) is 2.36. The fraction of sp³-hybridized carbons (Fsp3) is 0.538. The maximum Gasteiger partial charge on any atom is 0.292 e. The molecule has 0 heterocycles. The van der Waals surface area contributed by atoms with Crippen molar-refractivity contribution in [3.8, 4) is 0 Å². The van der Waals surface area contributed by atoms with Crippen LogP contribution in [0.25, 0.3) is 0 Å². The van der Waals surface area contributed by atoms with Gasteiger partial charge >= 0.3 is 0 Å². The molecule has 1 fully saturated rings. The predicted octanol–water partition coefficient (Wildman–Crippen LogP) is 3.57. The molecular formula is C13H18N2O2. The Hall–Kier alpha value is -1.58. The Bertz CT molecular complexity index is 437. The fourth-order valence-electron chi connectivity index (χ4n) is 2.36. The lowest BCUT2D eigenvalue weighted by atomic mass is 10.1. The smallest absolute Gasteiger partial charge is 0.292 e. The summed E-state index contributed by atoms with van der Waals surface area (Å²) in [4.78, 5) is 10.7. The highest BCUT2D eigenvalue weighted by Crippen LogP contribution is 2.31. The Morgan fingerprint density at radius 3 is 2.41 bits per heavy atom. The maximum absolute atomic E-state index is 11.0. The third-order valence-corrected chi connectivity index (χ3v) is 3.52. The van der Waals surface area contributed by atoms with E-state index in [2.05, 4.69) is 5.32 Å². The van der Waals surface area contributed by atoms with Gasteiger partial charge in [-0.25, -0.2) is 0 Å². The van der Waals surface area contributed by atoms with Crippen molar-refractivity contribution in [2.45, 2.75) is 45.6 Å². The van der Waals surface area contributed by atoms with E-state index in [0.717, 1.165) is 24.0 Å². The van der Waals surface area contributed by atoms with Crippen LogP contribution >= 0.6 is 0 Å². The lowest BCUT2D eigenvalue weighted by Gasteiger charge is -2.15. The van der Waals surface area contributed by atoms with Crippen LogP contribution in [0.2, 0.25) is 0 Å². The van der Waals surface area contributed by atoms with Crippen molar-refractivity contribution in [3.05, 3.63) is 33.4 Å². The van der Waals surface area contributed by atoms with Crippen molar-refractivity contribution in [2.24, 2.45) is 0 Å². The van der Waals surface area contributed by atoms with Gasteiger partial charge in [0.2, 0.25) is 0 Å². The molecule has 0 radical (unpaired) electrons. The summed E-state index contributed by atoms with van der Waals surface area (Å²) in [5, 5.41) is 14.3. The van der Waals surface area contributed by atoms with E-state index in [9.17, 15) is 10.1 Å². The number of aryl methyl sites for hydroxylation is 2. The topological polar surface area (TPSA) is 55.2 Å². The molecule has 1 aliphatic rings. The molecule has 4 heteroatoms. The number of hydrogen-bond donors (Lipinski definition) is 1. The van der Waals surface area contributed by atoms with Crippen LogP contribution < -0.4 is 5.32 Å². The first-order chi connectivity index (χ1) is 8.08. The van der Waals surface area contributed by atoms with Crippen LogP contribution in [-0.2, 0) is 0 Å². The van der Waals surface area contributed by atoms with E-state index in [1.165, 1.54) is 12.8 Å². The molecule has 0 bridgehead atoms. The Morgan fingerprint density at radius 1 is 1.24 bits per heavy atom. The molecule has 0 aliphatic heterocycles. The van der Waals surface area contributed by atoms with Gasteiger partial charge in [0.25, 0.3) is 5.69 Å². The molecule has 1 aromatic carbocycles. The van der Waals surface area contributed by atoms with Crippen LogP contribution in [0.4, 0.5) is 11.4 Å². The molecule has 1 saturated carbocycles. The Kier molecular flexibility index (Phi) is 3.31. The maximum atomic E-state index is 11.0. The van der Waals surface area contributed by atoms with Gasteiger partial charge in [0.15, 0.2) is 0 Å². The first kappa shape index (κ1) is 11.9. The number of benzene rings is 1. The Balaban J connectivity index is 2.29. The molecule has 17 heavy (non-hydrogen) atoms. The number of hydrogen-bond acceptors (Lipinski definition) is 3. The third-order valence-electron chi connectivity index (χ3n) is 3.52. The zero-order valence-electron chi connectivity index (χ0n) is 10.3. The minimum atomic E-state index is -0.302. The molecule has 0 saturated heterocycles. The van der Waals surface area contributed by atoms with E-state index < -0.39 is 0 Å². The van der Waals surface area contributed by atoms with Gasteiger partial charge in [-0.2, -0.15) is 0 Å². The minimum Gasteiger partial charge on any atom is -0.377 e. The van der Waals surface area contributed by atoms with Gasteiger partial charge in [-0.3, -0.25) is 10.1 Å². The summed E-state index contributed by atoms with van der Waals surface area (Å²) in [6.45, 7) is 3.89. The summed E-state index contributed by atoms with van der Waals surface area (Å²) in [6, 6.07) is 3.95. The quantitative estimate of drug-likeness (QED) is 0.642. The van der Waals surface area contributed by atoms with Gasteiger partial charge in [-0.05, 0) is 43.9 Å². The van der Waals surface area contributed by atoms with Crippen LogP contribution in [0.1, 0.15) is 36.8 Å². The standard InChI is InChI=1S/C13H18N2O2/c1-9-7-12(14-11-5-3-4-6-11)13(15(16)17)8-10(9)2/h7-8,11,14H,3-6H2,1-2H3. The molecule has 4 nitrogen and oxygen atoms in total. The van der Waals surface area contributed by atoms with Gasteiger partial charge in [0.05, 0.1) is 4.92 Å². The highest BCUT2D eigenvalue weighted by Gasteiger charge is 2.20. The number of nitro groups is 1. The number of nitrogens with zero attached hydrogens (tertiary/aromatic N) is 1. The van der Waals surface area contributed by atoms with Gasteiger partial charge in [0.1, 0.15) is 5.69 Å². The molecule has 0 unspecified atom stereocenters. The van der Waals surface area contributed by atoms with Crippen molar-refractivity contribution in [1.82, 2.24) is 0 Å². The summed E-state index contributed by atoms with van der Waals surface area (Å²) in [5.41, 5.74) is 2.93. The van der Waals surface area contributed by atoms with E-state index in [4.69, 9.17) is 0 Å². The van der Waals surface area contributed by atoms with Crippen molar-refractivity contribution >= 4 is 11.4 Å².